The van der Waals surface area contributed by atoms with Crippen LogP contribution in [0.1, 0.15) is 35.2 Å². The molecule has 1 saturated heterocycles. The van der Waals surface area contributed by atoms with E-state index in [1.54, 1.807) is 36.4 Å². The smallest absolute Gasteiger partial charge is 0.265 e. The van der Waals surface area contributed by atoms with E-state index in [2.05, 4.69) is 10.3 Å². The number of rotatable bonds is 9. The Morgan fingerprint density at radius 2 is 1.69 bits per heavy atom. The number of nitrogens with zero attached hydrogens (tertiary/aromatic N) is 2. The lowest BCUT2D eigenvalue weighted by molar-refractivity contribution is 0.0953. The average Bonchev–Trinajstić information content (AvgIpc) is 3.26. The molecule has 3 N–H and O–H groups in total. The van der Waals surface area contributed by atoms with Crippen molar-refractivity contribution in [3.8, 4) is 0 Å². The number of carbonyl (C=O) groups is 1. The van der Waals surface area contributed by atoms with Gasteiger partial charge in [0.2, 0.25) is 10.0 Å². The van der Waals surface area contributed by atoms with Gasteiger partial charge in [-0.15, -0.1) is 0 Å². The zero-order chi connectivity index (χ0) is 20.7. The molecule has 0 aromatic heterocycles. The highest BCUT2D eigenvalue weighted by atomic mass is 32.2. The third kappa shape index (κ3) is 5.79. The van der Waals surface area contributed by atoms with E-state index in [9.17, 15) is 13.2 Å². The number of para-hydroxylation sites is 1. The Balaban J connectivity index is 1.74. The topological polar surface area (TPSA) is 95.7 Å². The molecule has 0 saturated carbocycles. The number of likely N-dealkylation sites (tertiary alicyclic amines) is 1. The van der Waals surface area contributed by atoms with Crippen LogP contribution in [-0.2, 0) is 16.6 Å². The average molecular weight is 417 g/mol. The van der Waals surface area contributed by atoms with E-state index in [1.807, 2.05) is 18.2 Å². The van der Waals surface area contributed by atoms with Gasteiger partial charge in [0.15, 0.2) is 0 Å². The van der Waals surface area contributed by atoms with Gasteiger partial charge in [0.05, 0.1) is 18.0 Å². The number of nitrogen functional groups attached to an aromatic ring is 1. The normalized spacial score (nSPS) is 14.7. The van der Waals surface area contributed by atoms with Crippen LogP contribution in [0, 0.1) is 0 Å². The Morgan fingerprint density at radius 3 is 2.31 bits per heavy atom. The molecule has 0 atom stereocenters. The number of carbonyl (C=O) groups excluding carboxylic acids is 1. The van der Waals surface area contributed by atoms with E-state index in [0.717, 1.165) is 25.2 Å². The number of anilines is 1. The summed E-state index contributed by atoms with van der Waals surface area (Å²) in [5.41, 5.74) is 3.95. The van der Waals surface area contributed by atoms with Crippen LogP contribution >= 0.6 is 0 Å². The number of hydrazine groups is 1. The molecule has 1 amide bonds. The van der Waals surface area contributed by atoms with Crippen LogP contribution in [-0.4, -0.2) is 44.6 Å². The summed E-state index contributed by atoms with van der Waals surface area (Å²) in [5.74, 6) is 4.88. The van der Waals surface area contributed by atoms with Crippen molar-refractivity contribution in [1.29, 1.82) is 0 Å². The van der Waals surface area contributed by atoms with Gasteiger partial charge in [0.25, 0.3) is 5.91 Å². The van der Waals surface area contributed by atoms with Gasteiger partial charge in [-0.2, -0.15) is 0 Å². The van der Waals surface area contributed by atoms with E-state index in [1.165, 1.54) is 17.1 Å². The van der Waals surface area contributed by atoms with Gasteiger partial charge in [-0.3, -0.25) is 14.5 Å². The van der Waals surface area contributed by atoms with Crippen LogP contribution in [0.15, 0.2) is 54.6 Å². The maximum absolute atomic E-state index is 13.2. The highest BCUT2D eigenvalue weighted by Gasteiger charge is 2.23. The number of amides is 1. The third-order valence-electron chi connectivity index (χ3n) is 5.13. The fraction of sp³-hybridized carbons (Fsp3) is 0.381. The van der Waals surface area contributed by atoms with Crippen molar-refractivity contribution in [3.05, 3.63) is 65.7 Å². The summed E-state index contributed by atoms with van der Waals surface area (Å²) in [4.78, 5) is 13.9. The Bertz CT molecular complexity index is 895. The van der Waals surface area contributed by atoms with Gasteiger partial charge in [0, 0.05) is 5.56 Å². The van der Waals surface area contributed by atoms with Crippen molar-refractivity contribution >= 4 is 21.6 Å². The summed E-state index contributed by atoms with van der Waals surface area (Å²) in [6.07, 6.45) is 3.00. The van der Waals surface area contributed by atoms with E-state index < -0.39 is 10.0 Å². The molecule has 0 aliphatic carbocycles. The maximum Gasteiger partial charge on any atom is 0.265 e. The number of sulfonamides is 1. The van der Waals surface area contributed by atoms with Crippen LogP contribution in [0.4, 0.5) is 5.69 Å². The minimum atomic E-state index is -3.49. The molecule has 1 fully saturated rings. The second-order valence-corrected chi connectivity index (χ2v) is 9.24. The number of hydrogen-bond acceptors (Lipinski definition) is 5. The van der Waals surface area contributed by atoms with Gasteiger partial charge in [-0.25, -0.2) is 14.3 Å². The molecule has 0 unspecified atom stereocenters. The van der Waals surface area contributed by atoms with E-state index in [-0.39, 0.29) is 18.2 Å². The summed E-state index contributed by atoms with van der Waals surface area (Å²) in [7, 11) is -3.49. The molecule has 2 aromatic rings. The molecule has 156 valence electrons. The van der Waals surface area contributed by atoms with Gasteiger partial charge < -0.3 is 4.90 Å². The standard InChI is InChI=1S/C21H28N4O3S/c22-23-21(26)19-11-9-18(10-12-19)17-25(20-7-2-1-3-8-20)29(27,28)16-6-15-24-13-4-5-14-24/h1-3,7-12H,4-6,13-17,22H2,(H,23,26). The van der Waals surface area contributed by atoms with Gasteiger partial charge in [-0.1, -0.05) is 30.3 Å². The molecule has 7 nitrogen and oxygen atoms in total. The first-order chi connectivity index (χ1) is 14.0. The van der Waals surface area contributed by atoms with Crippen LogP contribution in [0.25, 0.3) is 0 Å². The molecule has 1 heterocycles. The van der Waals surface area contributed by atoms with Crippen LogP contribution < -0.4 is 15.6 Å². The summed E-state index contributed by atoms with van der Waals surface area (Å²) in [6.45, 7) is 3.14. The van der Waals surface area contributed by atoms with Crippen molar-refractivity contribution in [3.63, 3.8) is 0 Å². The minimum absolute atomic E-state index is 0.103. The Kier molecular flexibility index (Phi) is 7.24. The predicted molar refractivity (Wildman–Crippen MR) is 115 cm³/mol. The molecule has 1 aliphatic rings. The minimum Gasteiger partial charge on any atom is -0.303 e. The maximum atomic E-state index is 13.2. The van der Waals surface area contributed by atoms with Crippen molar-refractivity contribution in [2.24, 2.45) is 5.84 Å². The fourth-order valence-electron chi connectivity index (χ4n) is 3.54. The molecule has 8 heteroatoms. The Hall–Kier alpha value is -2.42. The molecule has 0 radical (unpaired) electrons. The van der Waals surface area contributed by atoms with E-state index in [4.69, 9.17) is 5.84 Å². The molecule has 0 spiro atoms. The van der Waals surface area contributed by atoms with Crippen LogP contribution in [0.3, 0.4) is 0 Å². The fourth-order valence-corrected chi connectivity index (χ4v) is 5.05. The second-order valence-electron chi connectivity index (χ2n) is 7.23. The van der Waals surface area contributed by atoms with E-state index >= 15 is 0 Å². The van der Waals surface area contributed by atoms with E-state index in [0.29, 0.717) is 17.7 Å². The largest absolute Gasteiger partial charge is 0.303 e. The molecule has 1 aliphatic heterocycles. The highest BCUT2D eigenvalue weighted by molar-refractivity contribution is 7.92. The Morgan fingerprint density at radius 1 is 1.03 bits per heavy atom. The highest BCUT2D eigenvalue weighted by Crippen LogP contribution is 2.22. The van der Waals surface area contributed by atoms with Crippen LogP contribution in [0.2, 0.25) is 0 Å². The number of nitrogens with one attached hydrogen (secondary N) is 1. The molecular formula is C21H28N4O3S. The number of hydrogen-bond donors (Lipinski definition) is 2. The zero-order valence-electron chi connectivity index (χ0n) is 16.5. The monoisotopic (exact) mass is 416 g/mol. The lowest BCUT2D eigenvalue weighted by atomic mass is 10.1. The van der Waals surface area contributed by atoms with Crippen molar-refractivity contribution in [2.75, 3.05) is 29.7 Å². The predicted octanol–water partition coefficient (Wildman–Crippen LogP) is 2.11. The molecular weight excluding hydrogens is 388 g/mol. The molecule has 29 heavy (non-hydrogen) atoms. The van der Waals surface area contributed by atoms with Crippen LogP contribution in [0.5, 0.6) is 0 Å². The lowest BCUT2D eigenvalue weighted by Gasteiger charge is -2.25. The third-order valence-corrected chi connectivity index (χ3v) is 6.94. The van der Waals surface area contributed by atoms with Crippen molar-refractivity contribution < 1.29 is 13.2 Å². The van der Waals surface area contributed by atoms with Gasteiger partial charge in [0.1, 0.15) is 0 Å². The lowest BCUT2D eigenvalue weighted by Crippen LogP contribution is -2.34. The van der Waals surface area contributed by atoms with Gasteiger partial charge >= 0.3 is 0 Å². The summed E-state index contributed by atoms with van der Waals surface area (Å²) < 4.78 is 27.8. The first-order valence-electron chi connectivity index (χ1n) is 9.87. The first-order valence-corrected chi connectivity index (χ1v) is 11.5. The van der Waals surface area contributed by atoms with Crippen molar-refractivity contribution in [2.45, 2.75) is 25.8 Å². The zero-order valence-corrected chi connectivity index (χ0v) is 17.3. The van der Waals surface area contributed by atoms with Gasteiger partial charge in [-0.05, 0) is 68.7 Å². The van der Waals surface area contributed by atoms with Crippen molar-refractivity contribution in [1.82, 2.24) is 10.3 Å². The Labute approximate surface area is 172 Å². The summed E-state index contributed by atoms with van der Waals surface area (Å²) in [5, 5.41) is 0. The SMILES string of the molecule is NNC(=O)c1ccc(CN(c2ccccc2)S(=O)(=O)CCCN2CCCC2)cc1. The molecule has 3 rings (SSSR count). The molecule has 2 aromatic carbocycles. The summed E-state index contributed by atoms with van der Waals surface area (Å²) >= 11 is 0. The summed E-state index contributed by atoms with van der Waals surface area (Å²) in [6, 6.07) is 15.9. The first kappa shape index (κ1) is 21.3. The molecule has 0 bridgehead atoms. The second kappa shape index (κ2) is 9.87. The number of benzene rings is 2. The quantitative estimate of drug-likeness (QED) is 0.371. The number of nitrogens with two attached hydrogens (primary N) is 1.